The molecule has 0 radical (unpaired) electrons. The van der Waals surface area contributed by atoms with E-state index >= 15 is 0 Å². The molecule has 0 saturated carbocycles. The SMILES string of the molecule is CC1OCCC1S(=O)Cc1ccc(C(=O)O)s1. The highest BCUT2D eigenvalue weighted by Crippen LogP contribution is 2.24. The zero-order valence-corrected chi connectivity index (χ0v) is 11.1. The number of thiophene rings is 1. The predicted molar refractivity (Wildman–Crippen MR) is 66.9 cm³/mol. The molecule has 94 valence electrons. The average Bonchev–Trinajstić information content (AvgIpc) is 2.86. The van der Waals surface area contributed by atoms with Gasteiger partial charge in [0.05, 0.1) is 17.1 Å². The monoisotopic (exact) mass is 274 g/mol. The number of carboxylic acid groups (broad SMARTS) is 1. The Morgan fingerprint density at radius 2 is 2.41 bits per heavy atom. The van der Waals surface area contributed by atoms with Crippen LogP contribution in [0.3, 0.4) is 0 Å². The van der Waals surface area contributed by atoms with Gasteiger partial charge in [-0.2, -0.15) is 0 Å². The van der Waals surface area contributed by atoms with E-state index in [1.807, 2.05) is 6.92 Å². The maximum atomic E-state index is 12.1. The number of hydrogen-bond donors (Lipinski definition) is 1. The maximum Gasteiger partial charge on any atom is 0.345 e. The van der Waals surface area contributed by atoms with Gasteiger partial charge in [-0.15, -0.1) is 11.3 Å². The minimum atomic E-state index is -0.984. The Kier molecular flexibility index (Phi) is 3.96. The number of ether oxygens (including phenoxy) is 1. The predicted octanol–water partition coefficient (Wildman–Crippen LogP) is 1.87. The van der Waals surface area contributed by atoms with E-state index in [4.69, 9.17) is 9.84 Å². The van der Waals surface area contributed by atoms with Crippen molar-refractivity contribution in [1.82, 2.24) is 0 Å². The first kappa shape index (κ1) is 12.7. The van der Waals surface area contributed by atoms with Gasteiger partial charge in [0, 0.05) is 22.3 Å². The van der Waals surface area contributed by atoms with Crippen molar-refractivity contribution in [3.05, 3.63) is 21.9 Å². The molecule has 2 heterocycles. The van der Waals surface area contributed by atoms with Gasteiger partial charge in [0.25, 0.3) is 0 Å². The molecule has 3 atom stereocenters. The smallest absolute Gasteiger partial charge is 0.345 e. The summed E-state index contributed by atoms with van der Waals surface area (Å²) in [5.74, 6) is -0.499. The van der Waals surface area contributed by atoms with Gasteiger partial charge in [-0.05, 0) is 25.5 Å². The molecule has 1 aliphatic heterocycles. The van der Waals surface area contributed by atoms with Crippen molar-refractivity contribution in [3.63, 3.8) is 0 Å². The van der Waals surface area contributed by atoms with Gasteiger partial charge < -0.3 is 9.84 Å². The van der Waals surface area contributed by atoms with E-state index < -0.39 is 16.8 Å². The topological polar surface area (TPSA) is 63.6 Å². The van der Waals surface area contributed by atoms with E-state index in [0.717, 1.165) is 11.3 Å². The highest BCUT2D eigenvalue weighted by molar-refractivity contribution is 7.85. The standard InChI is InChI=1S/C11H14O4S2/c1-7-10(4-5-15-7)17(14)6-8-2-3-9(16-8)11(12)13/h2-3,7,10H,4-6H2,1H3,(H,12,13). The number of rotatable bonds is 4. The second-order valence-corrected chi connectivity index (χ2v) is 6.82. The maximum absolute atomic E-state index is 12.1. The van der Waals surface area contributed by atoms with E-state index in [2.05, 4.69) is 0 Å². The quantitative estimate of drug-likeness (QED) is 0.910. The Balaban J connectivity index is 2.00. The number of aromatic carboxylic acids is 1. The van der Waals surface area contributed by atoms with Crippen LogP contribution in [-0.2, 0) is 21.3 Å². The van der Waals surface area contributed by atoms with Crippen LogP contribution < -0.4 is 0 Å². The van der Waals surface area contributed by atoms with E-state index in [1.54, 1.807) is 12.1 Å². The molecule has 1 fully saturated rings. The van der Waals surface area contributed by atoms with Gasteiger partial charge >= 0.3 is 5.97 Å². The Labute approximate surface area is 106 Å². The van der Waals surface area contributed by atoms with E-state index in [9.17, 15) is 9.00 Å². The third kappa shape index (κ3) is 2.94. The summed E-state index contributed by atoms with van der Waals surface area (Å²) in [5.41, 5.74) is 0. The fraction of sp³-hybridized carbons (Fsp3) is 0.545. The van der Waals surface area contributed by atoms with Crippen molar-refractivity contribution >= 4 is 28.1 Å². The van der Waals surface area contributed by atoms with Crippen LogP contribution in [0.25, 0.3) is 0 Å². The highest BCUT2D eigenvalue weighted by atomic mass is 32.2. The zero-order chi connectivity index (χ0) is 12.4. The van der Waals surface area contributed by atoms with Crippen LogP contribution in [0.2, 0.25) is 0 Å². The fourth-order valence-electron chi connectivity index (χ4n) is 1.87. The molecule has 0 aromatic carbocycles. The summed E-state index contributed by atoms with van der Waals surface area (Å²) < 4.78 is 17.5. The molecule has 2 rings (SSSR count). The summed E-state index contributed by atoms with van der Waals surface area (Å²) in [7, 11) is -0.984. The molecular weight excluding hydrogens is 260 g/mol. The Hall–Kier alpha value is -0.720. The highest BCUT2D eigenvalue weighted by Gasteiger charge is 2.29. The molecule has 3 unspecified atom stereocenters. The fourth-order valence-corrected chi connectivity index (χ4v) is 4.56. The lowest BCUT2D eigenvalue weighted by Crippen LogP contribution is -2.23. The van der Waals surface area contributed by atoms with Gasteiger partial charge in [0.2, 0.25) is 0 Å². The third-order valence-electron chi connectivity index (χ3n) is 2.80. The van der Waals surface area contributed by atoms with Crippen molar-refractivity contribution in [2.24, 2.45) is 0 Å². The molecular formula is C11H14O4S2. The third-order valence-corrected chi connectivity index (χ3v) is 5.95. The molecule has 4 nitrogen and oxygen atoms in total. The first-order chi connectivity index (χ1) is 8.08. The van der Waals surface area contributed by atoms with Crippen molar-refractivity contribution in [2.45, 2.75) is 30.5 Å². The van der Waals surface area contributed by atoms with Crippen LogP contribution in [0.15, 0.2) is 12.1 Å². The molecule has 0 aliphatic carbocycles. The van der Waals surface area contributed by atoms with Crippen LogP contribution in [-0.4, -0.2) is 33.2 Å². The van der Waals surface area contributed by atoms with Crippen molar-refractivity contribution in [2.75, 3.05) is 6.61 Å². The summed E-state index contributed by atoms with van der Waals surface area (Å²) in [4.78, 5) is 11.9. The van der Waals surface area contributed by atoms with Gasteiger partial charge in [0.15, 0.2) is 0 Å². The summed E-state index contributed by atoms with van der Waals surface area (Å²) in [5, 5.41) is 8.87. The molecule has 1 N–H and O–H groups in total. The Bertz CT molecular complexity index is 440. The molecule has 0 bridgehead atoms. The molecule has 6 heteroatoms. The summed E-state index contributed by atoms with van der Waals surface area (Å²) >= 11 is 1.20. The largest absolute Gasteiger partial charge is 0.477 e. The van der Waals surface area contributed by atoms with Gasteiger partial charge in [-0.25, -0.2) is 4.79 Å². The lowest BCUT2D eigenvalue weighted by Gasteiger charge is -2.12. The zero-order valence-electron chi connectivity index (χ0n) is 9.42. The first-order valence-corrected chi connectivity index (χ1v) is 7.58. The van der Waals surface area contributed by atoms with Crippen molar-refractivity contribution in [1.29, 1.82) is 0 Å². The Morgan fingerprint density at radius 1 is 1.65 bits per heavy atom. The Morgan fingerprint density at radius 3 is 2.94 bits per heavy atom. The van der Waals surface area contributed by atoms with Crippen LogP contribution in [0.5, 0.6) is 0 Å². The van der Waals surface area contributed by atoms with E-state index in [1.165, 1.54) is 11.3 Å². The summed E-state index contributed by atoms with van der Waals surface area (Å²) in [6.45, 7) is 2.61. The second kappa shape index (κ2) is 5.29. The molecule has 0 amide bonds. The number of carboxylic acids is 1. The lowest BCUT2D eigenvalue weighted by molar-refractivity contribution is 0.0702. The molecule has 17 heavy (non-hydrogen) atoms. The average molecular weight is 274 g/mol. The molecule has 0 spiro atoms. The van der Waals surface area contributed by atoms with Crippen LogP contribution in [0, 0.1) is 0 Å². The molecule has 1 saturated heterocycles. The van der Waals surface area contributed by atoms with Gasteiger partial charge in [-0.1, -0.05) is 0 Å². The minimum Gasteiger partial charge on any atom is -0.477 e. The van der Waals surface area contributed by atoms with E-state index in [0.29, 0.717) is 17.2 Å². The van der Waals surface area contributed by atoms with Gasteiger partial charge in [-0.3, -0.25) is 4.21 Å². The molecule has 1 aromatic rings. The molecule has 1 aromatic heterocycles. The summed E-state index contributed by atoms with van der Waals surface area (Å²) in [6.07, 6.45) is 0.861. The summed E-state index contributed by atoms with van der Waals surface area (Å²) in [6, 6.07) is 3.31. The van der Waals surface area contributed by atoms with Crippen LogP contribution in [0.4, 0.5) is 0 Å². The first-order valence-electron chi connectivity index (χ1n) is 5.38. The van der Waals surface area contributed by atoms with Crippen LogP contribution >= 0.6 is 11.3 Å². The lowest BCUT2D eigenvalue weighted by atomic mass is 10.3. The van der Waals surface area contributed by atoms with E-state index in [-0.39, 0.29) is 11.4 Å². The normalized spacial score (nSPS) is 25.9. The molecule has 1 aliphatic rings. The number of hydrogen-bond acceptors (Lipinski definition) is 4. The number of carbonyl (C=O) groups is 1. The second-order valence-electron chi connectivity index (χ2n) is 4.00. The van der Waals surface area contributed by atoms with Gasteiger partial charge in [0.1, 0.15) is 4.88 Å². The van der Waals surface area contributed by atoms with Crippen LogP contribution in [0.1, 0.15) is 27.9 Å². The van der Waals surface area contributed by atoms with Crippen molar-refractivity contribution < 1.29 is 18.8 Å². The van der Waals surface area contributed by atoms with Crippen molar-refractivity contribution in [3.8, 4) is 0 Å². The minimum absolute atomic E-state index is 0.0368.